The second kappa shape index (κ2) is 2.84. The van der Waals surface area contributed by atoms with Gasteiger partial charge >= 0.3 is 0 Å². The van der Waals surface area contributed by atoms with E-state index in [-0.39, 0.29) is 18.4 Å². The molecule has 0 aromatic carbocycles. The summed E-state index contributed by atoms with van der Waals surface area (Å²) in [6.07, 6.45) is 2.41. The second-order valence-electron chi connectivity index (χ2n) is 2.41. The Morgan fingerprint density at radius 3 is 2.27 bits per heavy atom. The normalized spacial score (nSPS) is 19.6. The molecule has 0 aromatic heterocycles. The molecule has 0 aliphatic carbocycles. The Kier molecular flexibility index (Phi) is 2.05. The van der Waals surface area contributed by atoms with Gasteiger partial charge in [-0.1, -0.05) is 0 Å². The van der Waals surface area contributed by atoms with Gasteiger partial charge in [-0.25, -0.2) is 0 Å². The molecule has 0 unspecified atom stereocenters. The highest BCUT2D eigenvalue weighted by Gasteiger charge is 2.27. The van der Waals surface area contributed by atoms with E-state index in [0.29, 0.717) is 0 Å². The summed E-state index contributed by atoms with van der Waals surface area (Å²) >= 11 is 0. The first-order valence-corrected chi connectivity index (χ1v) is 3.33. The fourth-order valence-corrected chi connectivity index (χ4v) is 0.928. The fourth-order valence-electron chi connectivity index (χ4n) is 0.928. The van der Waals surface area contributed by atoms with Gasteiger partial charge in [-0.15, -0.1) is 0 Å². The lowest BCUT2D eigenvalue weighted by Crippen LogP contribution is -2.40. The summed E-state index contributed by atoms with van der Waals surface area (Å²) in [6, 6.07) is -0.426. The number of rotatable bonds is 2. The number of aliphatic hydroxyl groups is 1. The van der Waals surface area contributed by atoms with Gasteiger partial charge in [0.2, 0.25) is 0 Å². The Morgan fingerprint density at radius 2 is 1.91 bits per heavy atom. The Morgan fingerprint density at radius 1 is 1.45 bits per heavy atom. The number of amides is 2. The molecule has 0 fully saturated rings. The van der Waals surface area contributed by atoms with Crippen molar-refractivity contribution < 1.29 is 14.7 Å². The zero-order valence-corrected chi connectivity index (χ0v) is 6.15. The molecule has 60 valence electrons. The lowest BCUT2D eigenvalue weighted by molar-refractivity contribution is -0.139. The van der Waals surface area contributed by atoms with Crippen molar-refractivity contribution in [2.75, 3.05) is 6.61 Å². The molecule has 11 heavy (non-hydrogen) atoms. The number of imide groups is 1. The molecule has 0 bridgehead atoms. The van der Waals surface area contributed by atoms with Gasteiger partial charge in [-0.05, 0) is 6.92 Å². The van der Waals surface area contributed by atoms with Crippen molar-refractivity contribution in [2.24, 2.45) is 0 Å². The van der Waals surface area contributed by atoms with Crippen molar-refractivity contribution in [3.05, 3.63) is 12.2 Å². The van der Waals surface area contributed by atoms with Gasteiger partial charge in [0, 0.05) is 12.2 Å². The Hall–Kier alpha value is -1.16. The molecular formula is C7H9NO3. The van der Waals surface area contributed by atoms with E-state index in [4.69, 9.17) is 5.11 Å². The first kappa shape index (κ1) is 7.94. The van der Waals surface area contributed by atoms with Crippen molar-refractivity contribution in [2.45, 2.75) is 13.0 Å². The molecule has 2 amide bonds. The summed E-state index contributed by atoms with van der Waals surface area (Å²) in [5.74, 6) is -0.701. The molecular weight excluding hydrogens is 146 g/mol. The molecule has 1 N–H and O–H groups in total. The van der Waals surface area contributed by atoms with Crippen molar-refractivity contribution in [3.63, 3.8) is 0 Å². The summed E-state index contributed by atoms with van der Waals surface area (Å²) < 4.78 is 0. The molecule has 1 aliphatic rings. The van der Waals surface area contributed by atoms with E-state index < -0.39 is 6.04 Å². The minimum Gasteiger partial charge on any atom is -0.394 e. The molecule has 4 heteroatoms. The first-order chi connectivity index (χ1) is 5.16. The van der Waals surface area contributed by atoms with Gasteiger partial charge in [-0.2, -0.15) is 0 Å². The van der Waals surface area contributed by atoms with Gasteiger partial charge in [0.15, 0.2) is 0 Å². The maximum absolute atomic E-state index is 10.9. The van der Waals surface area contributed by atoms with Gasteiger partial charge < -0.3 is 5.11 Å². The highest BCUT2D eigenvalue weighted by molar-refractivity contribution is 6.13. The number of nitrogens with zero attached hydrogens (tertiary/aromatic N) is 1. The van der Waals surface area contributed by atoms with E-state index in [1.165, 1.54) is 12.2 Å². The molecule has 0 saturated carbocycles. The number of aliphatic hydroxyl groups excluding tert-OH is 1. The number of hydrogen-bond acceptors (Lipinski definition) is 3. The molecule has 4 nitrogen and oxygen atoms in total. The second-order valence-corrected chi connectivity index (χ2v) is 2.41. The van der Waals surface area contributed by atoms with Crippen LogP contribution in [0.15, 0.2) is 12.2 Å². The van der Waals surface area contributed by atoms with Crippen molar-refractivity contribution in [1.82, 2.24) is 4.90 Å². The summed E-state index contributed by atoms with van der Waals surface area (Å²) in [5, 5.41) is 8.66. The van der Waals surface area contributed by atoms with Crippen LogP contribution >= 0.6 is 0 Å². The maximum atomic E-state index is 10.9. The third-order valence-electron chi connectivity index (χ3n) is 1.55. The lowest BCUT2D eigenvalue weighted by Gasteiger charge is -2.19. The van der Waals surface area contributed by atoms with Crippen LogP contribution in [0, 0.1) is 0 Å². The molecule has 1 atom stereocenters. The number of carbonyl (C=O) groups is 2. The summed E-state index contributed by atoms with van der Waals surface area (Å²) in [6.45, 7) is 1.42. The van der Waals surface area contributed by atoms with Crippen LogP contribution < -0.4 is 0 Å². The van der Waals surface area contributed by atoms with E-state index in [1.54, 1.807) is 6.92 Å². The molecule has 0 spiro atoms. The molecule has 0 aromatic rings. The standard InChI is InChI=1S/C7H9NO3/c1-5(4-9)8-6(10)2-3-7(8)11/h2-3,5,9H,4H2,1H3/t5-/m1/s1. The van der Waals surface area contributed by atoms with Crippen LogP contribution in [0.3, 0.4) is 0 Å². The largest absolute Gasteiger partial charge is 0.394 e. The van der Waals surface area contributed by atoms with Crippen LogP contribution in [0.2, 0.25) is 0 Å². The quantitative estimate of drug-likeness (QED) is 0.536. The predicted octanol–water partition coefficient (Wildman–Crippen LogP) is -0.708. The van der Waals surface area contributed by atoms with Crippen LogP contribution in [-0.2, 0) is 9.59 Å². The van der Waals surface area contributed by atoms with Crippen LogP contribution in [0.5, 0.6) is 0 Å². The van der Waals surface area contributed by atoms with Gasteiger partial charge in [0.1, 0.15) is 0 Å². The van der Waals surface area contributed by atoms with Crippen molar-refractivity contribution in [1.29, 1.82) is 0 Å². The van der Waals surface area contributed by atoms with E-state index in [1.807, 2.05) is 0 Å². The zero-order chi connectivity index (χ0) is 8.43. The van der Waals surface area contributed by atoms with Gasteiger partial charge in [0.25, 0.3) is 11.8 Å². The number of carbonyl (C=O) groups excluding carboxylic acids is 2. The first-order valence-electron chi connectivity index (χ1n) is 3.33. The minimum atomic E-state index is -0.426. The fraction of sp³-hybridized carbons (Fsp3) is 0.429. The smallest absolute Gasteiger partial charge is 0.253 e. The van der Waals surface area contributed by atoms with Gasteiger partial charge in [-0.3, -0.25) is 14.5 Å². The molecule has 0 radical (unpaired) electrons. The molecule has 1 aliphatic heterocycles. The molecule has 0 saturated heterocycles. The van der Waals surface area contributed by atoms with Crippen LogP contribution in [0.4, 0.5) is 0 Å². The SMILES string of the molecule is C[C@H](CO)N1C(=O)C=CC1=O. The monoisotopic (exact) mass is 155 g/mol. The van der Waals surface area contributed by atoms with Crippen LogP contribution in [0.1, 0.15) is 6.92 Å². The highest BCUT2D eigenvalue weighted by atomic mass is 16.3. The van der Waals surface area contributed by atoms with Crippen molar-refractivity contribution >= 4 is 11.8 Å². The van der Waals surface area contributed by atoms with Crippen LogP contribution in [0.25, 0.3) is 0 Å². The maximum Gasteiger partial charge on any atom is 0.253 e. The average molecular weight is 155 g/mol. The third-order valence-corrected chi connectivity index (χ3v) is 1.55. The van der Waals surface area contributed by atoms with E-state index >= 15 is 0 Å². The van der Waals surface area contributed by atoms with Crippen molar-refractivity contribution in [3.8, 4) is 0 Å². The summed E-state index contributed by atoms with van der Waals surface area (Å²) in [7, 11) is 0. The topological polar surface area (TPSA) is 57.6 Å². The van der Waals surface area contributed by atoms with Gasteiger partial charge in [0.05, 0.1) is 12.6 Å². The molecule has 1 heterocycles. The Balaban J connectivity index is 2.73. The van der Waals surface area contributed by atoms with E-state index in [9.17, 15) is 9.59 Å². The van der Waals surface area contributed by atoms with Crippen LogP contribution in [-0.4, -0.2) is 34.5 Å². The highest BCUT2D eigenvalue weighted by Crippen LogP contribution is 2.07. The average Bonchev–Trinajstić information content (AvgIpc) is 2.30. The Labute approximate surface area is 64.1 Å². The third kappa shape index (κ3) is 1.30. The summed E-state index contributed by atoms with van der Waals surface area (Å²) in [4.78, 5) is 22.8. The zero-order valence-electron chi connectivity index (χ0n) is 6.15. The summed E-state index contributed by atoms with van der Waals surface area (Å²) in [5.41, 5.74) is 0. The molecule has 1 rings (SSSR count). The minimum absolute atomic E-state index is 0.195. The lowest BCUT2D eigenvalue weighted by atomic mass is 10.3. The number of hydrogen-bond donors (Lipinski definition) is 1. The Bertz CT molecular complexity index is 204. The predicted molar refractivity (Wildman–Crippen MR) is 37.5 cm³/mol. The van der Waals surface area contributed by atoms with E-state index in [2.05, 4.69) is 0 Å². The van der Waals surface area contributed by atoms with E-state index in [0.717, 1.165) is 4.90 Å².